The van der Waals surface area contributed by atoms with Gasteiger partial charge in [0.15, 0.2) is 0 Å². The van der Waals surface area contributed by atoms with E-state index >= 15 is 0 Å². The zero-order chi connectivity index (χ0) is 19.1. The summed E-state index contributed by atoms with van der Waals surface area (Å²) in [5.41, 5.74) is 2.60. The zero-order valence-corrected chi connectivity index (χ0v) is 15.9. The second kappa shape index (κ2) is 6.63. The summed E-state index contributed by atoms with van der Waals surface area (Å²) >= 11 is 0. The molecular weight excluding hydrogens is 354 g/mol. The number of hydrogen-bond donors (Lipinski definition) is 0. The molecule has 5 rings (SSSR count). The van der Waals surface area contributed by atoms with E-state index in [1.54, 1.807) is 13.3 Å². The number of pyridine rings is 1. The number of methoxy groups -OCH3 is 1. The minimum absolute atomic E-state index is 0.0173. The number of carbonyl (C=O) groups excluding carboxylic acids is 1. The van der Waals surface area contributed by atoms with Crippen LogP contribution in [0.3, 0.4) is 0 Å². The molecule has 2 aromatic heterocycles. The Hall–Kier alpha value is -2.86. The molecule has 2 fully saturated rings. The first-order valence-corrected chi connectivity index (χ1v) is 9.67. The molecule has 1 spiro atoms. The maximum atomic E-state index is 13.5. The first kappa shape index (κ1) is 17.3. The van der Waals surface area contributed by atoms with E-state index in [0.29, 0.717) is 11.3 Å². The second-order valence-electron chi connectivity index (χ2n) is 7.66. The van der Waals surface area contributed by atoms with Crippen molar-refractivity contribution >= 4 is 11.6 Å². The molecule has 6 heteroatoms. The van der Waals surface area contributed by atoms with Gasteiger partial charge in [-0.15, -0.1) is 0 Å². The molecule has 2 aliphatic heterocycles. The van der Waals surface area contributed by atoms with E-state index in [9.17, 15) is 4.79 Å². The Labute approximate surface area is 163 Å². The third-order valence-corrected chi connectivity index (χ3v) is 6.18. The van der Waals surface area contributed by atoms with Crippen LogP contribution in [0.5, 0.6) is 5.75 Å². The molecule has 144 valence electrons. The molecular formula is C22H23N3O3. The lowest BCUT2D eigenvalue weighted by molar-refractivity contribution is -0.115. The lowest BCUT2D eigenvalue weighted by Gasteiger charge is -2.59. The number of benzene rings is 1. The lowest BCUT2D eigenvalue weighted by Crippen LogP contribution is -2.62. The van der Waals surface area contributed by atoms with Crippen LogP contribution in [0.25, 0.3) is 5.65 Å². The van der Waals surface area contributed by atoms with Crippen molar-refractivity contribution in [1.82, 2.24) is 14.3 Å². The number of imidazole rings is 1. The Morgan fingerprint density at radius 3 is 2.75 bits per heavy atom. The number of likely N-dealkylation sites (tertiary alicyclic amines) is 1. The van der Waals surface area contributed by atoms with Crippen LogP contribution >= 0.6 is 0 Å². The van der Waals surface area contributed by atoms with Gasteiger partial charge in [0, 0.05) is 37.4 Å². The van der Waals surface area contributed by atoms with Gasteiger partial charge in [-0.05, 0) is 24.5 Å². The first-order chi connectivity index (χ1) is 13.7. The van der Waals surface area contributed by atoms with Crippen molar-refractivity contribution in [3.8, 4) is 5.75 Å². The van der Waals surface area contributed by atoms with Crippen LogP contribution in [0.1, 0.15) is 34.9 Å². The van der Waals surface area contributed by atoms with Crippen LogP contribution < -0.4 is 4.74 Å². The Kier molecular flexibility index (Phi) is 4.09. The Morgan fingerprint density at radius 2 is 2.00 bits per heavy atom. The Bertz CT molecular complexity index is 1010. The number of aromatic nitrogens is 2. The third kappa shape index (κ3) is 2.59. The van der Waals surface area contributed by atoms with E-state index in [1.807, 2.05) is 45.8 Å². The van der Waals surface area contributed by atoms with Crippen molar-refractivity contribution in [3.63, 3.8) is 0 Å². The van der Waals surface area contributed by atoms with E-state index in [4.69, 9.17) is 9.47 Å². The summed E-state index contributed by atoms with van der Waals surface area (Å²) in [4.78, 5) is 19.9. The molecule has 0 bridgehead atoms. The molecule has 0 N–H and O–H groups in total. The first-order valence-electron chi connectivity index (χ1n) is 9.67. The molecule has 1 amide bonds. The van der Waals surface area contributed by atoms with Crippen molar-refractivity contribution < 1.29 is 14.3 Å². The van der Waals surface area contributed by atoms with Gasteiger partial charge in [-0.3, -0.25) is 9.20 Å². The second-order valence-corrected chi connectivity index (χ2v) is 7.66. The molecule has 28 heavy (non-hydrogen) atoms. The summed E-state index contributed by atoms with van der Waals surface area (Å²) in [6, 6.07) is 14.1. The molecule has 1 atom stereocenters. The van der Waals surface area contributed by atoms with Gasteiger partial charge in [-0.25, -0.2) is 4.98 Å². The molecule has 4 heterocycles. The number of amides is 1. The summed E-state index contributed by atoms with van der Waals surface area (Å²) in [6.07, 6.45) is 5.48. The van der Waals surface area contributed by atoms with Gasteiger partial charge in [-0.2, -0.15) is 0 Å². The predicted octanol–water partition coefficient (Wildman–Crippen LogP) is 3.34. The van der Waals surface area contributed by atoms with Crippen LogP contribution in [-0.4, -0.2) is 47.1 Å². The van der Waals surface area contributed by atoms with E-state index in [-0.39, 0.29) is 17.4 Å². The molecule has 0 saturated carbocycles. The molecule has 2 aliphatic rings. The minimum Gasteiger partial charge on any atom is -0.497 e. The van der Waals surface area contributed by atoms with Crippen LogP contribution in [0.4, 0.5) is 0 Å². The van der Waals surface area contributed by atoms with Crippen LogP contribution in [-0.2, 0) is 4.74 Å². The van der Waals surface area contributed by atoms with Crippen molar-refractivity contribution in [1.29, 1.82) is 0 Å². The van der Waals surface area contributed by atoms with E-state index in [0.717, 1.165) is 38.3 Å². The average molecular weight is 377 g/mol. The number of rotatable bonds is 3. The zero-order valence-electron chi connectivity index (χ0n) is 15.9. The van der Waals surface area contributed by atoms with Gasteiger partial charge in [0.2, 0.25) is 0 Å². The van der Waals surface area contributed by atoms with Gasteiger partial charge in [0.1, 0.15) is 17.1 Å². The van der Waals surface area contributed by atoms with Crippen LogP contribution in [0, 0.1) is 5.41 Å². The fraction of sp³-hybridized carbons (Fsp3) is 0.364. The third-order valence-electron chi connectivity index (χ3n) is 6.18. The van der Waals surface area contributed by atoms with Gasteiger partial charge in [0.05, 0.1) is 19.3 Å². The molecule has 6 nitrogen and oxygen atoms in total. The van der Waals surface area contributed by atoms with E-state index in [1.165, 1.54) is 5.56 Å². The highest BCUT2D eigenvalue weighted by Gasteiger charge is 2.55. The molecule has 1 unspecified atom stereocenters. The predicted molar refractivity (Wildman–Crippen MR) is 104 cm³/mol. The number of ether oxygens (including phenoxy) is 2. The fourth-order valence-electron chi connectivity index (χ4n) is 4.70. The highest BCUT2D eigenvalue weighted by atomic mass is 16.5. The number of fused-ring (bicyclic) bond motifs is 1. The summed E-state index contributed by atoms with van der Waals surface area (Å²) in [7, 11) is 1.62. The van der Waals surface area contributed by atoms with E-state index in [2.05, 4.69) is 17.1 Å². The topological polar surface area (TPSA) is 56.1 Å². The maximum absolute atomic E-state index is 13.5. The number of carbonyl (C=O) groups is 1. The van der Waals surface area contributed by atoms with Crippen molar-refractivity contribution in [3.05, 3.63) is 66.1 Å². The summed E-state index contributed by atoms with van der Waals surface area (Å²) < 4.78 is 12.7. The average Bonchev–Trinajstić information content (AvgIpc) is 3.16. The minimum atomic E-state index is 0.0173. The summed E-state index contributed by atoms with van der Waals surface area (Å²) in [5.74, 6) is 0.744. The highest BCUT2D eigenvalue weighted by molar-refractivity contribution is 5.94. The molecule has 2 saturated heterocycles. The normalized spacial score (nSPS) is 20.9. The van der Waals surface area contributed by atoms with Gasteiger partial charge >= 0.3 is 0 Å². The largest absolute Gasteiger partial charge is 0.497 e. The standard InChI is InChI=1S/C22H23N3O3/c1-27-17-7-10-24-18(14-23-19(24)13-17)21(26)25-15-22(8-11-28-12-9-22)20(25)16-5-3-2-4-6-16/h2-7,10,13-14,20H,8-9,11-12,15H2,1H3. The quantitative estimate of drug-likeness (QED) is 0.703. The smallest absolute Gasteiger partial charge is 0.273 e. The van der Waals surface area contributed by atoms with Gasteiger partial charge < -0.3 is 14.4 Å². The van der Waals surface area contributed by atoms with Gasteiger partial charge in [-0.1, -0.05) is 30.3 Å². The molecule has 1 aromatic carbocycles. The lowest BCUT2D eigenvalue weighted by atomic mass is 9.64. The number of nitrogens with zero attached hydrogens (tertiary/aromatic N) is 3. The number of hydrogen-bond acceptors (Lipinski definition) is 4. The van der Waals surface area contributed by atoms with Gasteiger partial charge in [0.25, 0.3) is 5.91 Å². The van der Waals surface area contributed by atoms with Crippen molar-refractivity contribution in [2.75, 3.05) is 26.9 Å². The van der Waals surface area contributed by atoms with Crippen molar-refractivity contribution in [2.24, 2.45) is 5.41 Å². The summed E-state index contributed by atoms with van der Waals surface area (Å²) in [5, 5.41) is 0. The Morgan fingerprint density at radius 1 is 1.21 bits per heavy atom. The summed E-state index contributed by atoms with van der Waals surface area (Å²) in [6.45, 7) is 2.29. The van der Waals surface area contributed by atoms with Crippen LogP contribution in [0.15, 0.2) is 54.9 Å². The fourth-order valence-corrected chi connectivity index (χ4v) is 4.70. The molecule has 0 aliphatic carbocycles. The van der Waals surface area contributed by atoms with Crippen molar-refractivity contribution in [2.45, 2.75) is 18.9 Å². The molecule has 0 radical (unpaired) electrons. The monoisotopic (exact) mass is 377 g/mol. The van der Waals surface area contributed by atoms with E-state index < -0.39 is 0 Å². The molecule has 3 aromatic rings. The Balaban J connectivity index is 1.50. The van der Waals surface area contributed by atoms with Crippen LogP contribution in [0.2, 0.25) is 0 Å². The maximum Gasteiger partial charge on any atom is 0.273 e. The highest BCUT2D eigenvalue weighted by Crippen LogP contribution is 2.55. The SMILES string of the molecule is COc1ccn2c(C(=O)N3CC4(CCOCC4)C3c3ccccc3)cnc2c1.